The van der Waals surface area contributed by atoms with Gasteiger partial charge in [0.15, 0.2) is 0 Å². The SMILES string of the molecule is CC=CCO[SiH](OCC)OCC. The van der Waals surface area contributed by atoms with E-state index in [2.05, 4.69) is 0 Å². The zero-order valence-electron chi connectivity index (χ0n) is 8.08. The average molecular weight is 190 g/mol. The first-order chi connectivity index (χ1) is 5.85. The van der Waals surface area contributed by atoms with E-state index in [0.29, 0.717) is 19.8 Å². The van der Waals surface area contributed by atoms with Gasteiger partial charge in [0.2, 0.25) is 0 Å². The van der Waals surface area contributed by atoms with Gasteiger partial charge in [-0.05, 0) is 20.8 Å². The standard InChI is InChI=1S/C8H18O3Si/c1-4-7-8-11-12(9-5-2)10-6-3/h4,7,12H,5-6,8H2,1-3H3. The summed E-state index contributed by atoms with van der Waals surface area (Å²) in [6, 6.07) is 0. The summed E-state index contributed by atoms with van der Waals surface area (Å²) < 4.78 is 15.9. The molecule has 0 spiro atoms. The van der Waals surface area contributed by atoms with Gasteiger partial charge in [-0.3, -0.25) is 0 Å². The number of hydrogen-bond acceptors (Lipinski definition) is 3. The van der Waals surface area contributed by atoms with Crippen molar-refractivity contribution in [2.24, 2.45) is 0 Å². The van der Waals surface area contributed by atoms with Crippen molar-refractivity contribution >= 4 is 9.53 Å². The Balaban J connectivity index is 3.47. The Kier molecular flexibility index (Phi) is 8.81. The van der Waals surface area contributed by atoms with Crippen LogP contribution in [0.4, 0.5) is 0 Å². The molecule has 0 bridgehead atoms. The van der Waals surface area contributed by atoms with Crippen molar-refractivity contribution in [2.45, 2.75) is 20.8 Å². The molecule has 0 aromatic rings. The molecule has 72 valence electrons. The smallest absolute Gasteiger partial charge is 0.376 e. The molecule has 0 amide bonds. The predicted octanol–water partition coefficient (Wildman–Crippen LogP) is 1.37. The van der Waals surface area contributed by atoms with Gasteiger partial charge in [0, 0.05) is 13.2 Å². The summed E-state index contributed by atoms with van der Waals surface area (Å²) >= 11 is 0. The fraction of sp³-hybridized carbons (Fsp3) is 0.750. The molecule has 3 nitrogen and oxygen atoms in total. The molecule has 12 heavy (non-hydrogen) atoms. The molecule has 0 aliphatic carbocycles. The molecule has 0 aliphatic heterocycles. The maximum atomic E-state index is 5.37. The fourth-order valence-electron chi connectivity index (χ4n) is 0.647. The van der Waals surface area contributed by atoms with Crippen LogP contribution in [0.1, 0.15) is 20.8 Å². The maximum Gasteiger partial charge on any atom is 0.484 e. The Morgan fingerprint density at radius 1 is 1.08 bits per heavy atom. The Hall–Kier alpha value is -0.163. The van der Waals surface area contributed by atoms with Gasteiger partial charge in [-0.1, -0.05) is 12.2 Å². The van der Waals surface area contributed by atoms with Crippen LogP contribution in [-0.4, -0.2) is 29.3 Å². The lowest BCUT2D eigenvalue weighted by atomic mass is 10.6. The highest BCUT2D eigenvalue weighted by molar-refractivity contribution is 6.36. The van der Waals surface area contributed by atoms with Gasteiger partial charge in [0.05, 0.1) is 6.61 Å². The highest BCUT2D eigenvalue weighted by atomic mass is 28.3. The summed E-state index contributed by atoms with van der Waals surface area (Å²) in [6.45, 7) is 7.75. The minimum Gasteiger partial charge on any atom is -0.376 e. The minimum absolute atomic E-state index is 0.591. The van der Waals surface area contributed by atoms with Gasteiger partial charge in [-0.25, -0.2) is 0 Å². The van der Waals surface area contributed by atoms with Crippen LogP contribution in [0.25, 0.3) is 0 Å². The number of rotatable bonds is 7. The van der Waals surface area contributed by atoms with E-state index in [4.69, 9.17) is 13.3 Å². The molecule has 4 heteroatoms. The van der Waals surface area contributed by atoms with Crippen LogP contribution >= 0.6 is 0 Å². The van der Waals surface area contributed by atoms with Crippen LogP contribution in [0.3, 0.4) is 0 Å². The molecule has 0 aliphatic rings. The molecule has 0 aromatic carbocycles. The summed E-state index contributed by atoms with van der Waals surface area (Å²) in [5.74, 6) is 0. The summed E-state index contributed by atoms with van der Waals surface area (Å²) in [7, 11) is -1.82. The van der Waals surface area contributed by atoms with E-state index < -0.39 is 9.53 Å². The molecule has 0 N–H and O–H groups in total. The Labute approximate surface area is 76.3 Å². The normalized spacial score (nSPS) is 11.7. The summed E-state index contributed by atoms with van der Waals surface area (Å²) in [5.41, 5.74) is 0. The van der Waals surface area contributed by atoms with E-state index in [-0.39, 0.29) is 0 Å². The second-order valence-electron chi connectivity index (χ2n) is 2.10. The largest absolute Gasteiger partial charge is 0.484 e. The molecular weight excluding hydrogens is 172 g/mol. The maximum absolute atomic E-state index is 5.37. The van der Waals surface area contributed by atoms with Gasteiger partial charge >= 0.3 is 9.53 Å². The van der Waals surface area contributed by atoms with Crippen molar-refractivity contribution in [3.8, 4) is 0 Å². The lowest BCUT2D eigenvalue weighted by Gasteiger charge is -2.13. The lowest BCUT2D eigenvalue weighted by Crippen LogP contribution is -2.27. The molecule has 0 rings (SSSR count). The zero-order valence-corrected chi connectivity index (χ0v) is 9.23. The molecule has 0 saturated carbocycles. The predicted molar refractivity (Wildman–Crippen MR) is 51.2 cm³/mol. The molecular formula is C8H18O3Si. The van der Waals surface area contributed by atoms with E-state index >= 15 is 0 Å². The van der Waals surface area contributed by atoms with Crippen molar-refractivity contribution in [3.63, 3.8) is 0 Å². The summed E-state index contributed by atoms with van der Waals surface area (Å²) in [4.78, 5) is 0. The monoisotopic (exact) mass is 190 g/mol. The first-order valence-corrected chi connectivity index (χ1v) is 5.72. The van der Waals surface area contributed by atoms with Gasteiger partial charge in [-0.2, -0.15) is 0 Å². The third-order valence-electron chi connectivity index (χ3n) is 1.17. The number of allylic oxidation sites excluding steroid dienone is 1. The molecule has 0 radical (unpaired) electrons. The van der Waals surface area contributed by atoms with Gasteiger partial charge in [-0.15, -0.1) is 0 Å². The summed E-state index contributed by atoms with van der Waals surface area (Å²) in [6.07, 6.45) is 3.89. The quantitative estimate of drug-likeness (QED) is 0.448. The molecule has 0 fully saturated rings. The Bertz CT molecular complexity index is 111. The lowest BCUT2D eigenvalue weighted by molar-refractivity contribution is 0.112. The second kappa shape index (κ2) is 8.93. The van der Waals surface area contributed by atoms with Crippen LogP contribution in [-0.2, 0) is 13.3 Å². The van der Waals surface area contributed by atoms with Gasteiger partial charge in [0.1, 0.15) is 0 Å². The average Bonchev–Trinajstić information content (AvgIpc) is 2.06. The highest BCUT2D eigenvalue weighted by Gasteiger charge is 2.11. The zero-order chi connectivity index (χ0) is 9.23. The van der Waals surface area contributed by atoms with Crippen LogP contribution in [0.5, 0.6) is 0 Å². The van der Waals surface area contributed by atoms with Crippen LogP contribution in [0, 0.1) is 0 Å². The Morgan fingerprint density at radius 3 is 2.08 bits per heavy atom. The van der Waals surface area contributed by atoms with Crippen molar-refractivity contribution in [1.82, 2.24) is 0 Å². The summed E-state index contributed by atoms with van der Waals surface area (Å²) in [5, 5.41) is 0. The highest BCUT2D eigenvalue weighted by Crippen LogP contribution is 1.92. The minimum atomic E-state index is -1.82. The second-order valence-corrected chi connectivity index (χ2v) is 3.68. The van der Waals surface area contributed by atoms with Crippen LogP contribution in [0.15, 0.2) is 12.2 Å². The topological polar surface area (TPSA) is 27.7 Å². The molecule has 0 saturated heterocycles. The van der Waals surface area contributed by atoms with E-state index in [0.717, 1.165) is 0 Å². The van der Waals surface area contributed by atoms with Crippen LogP contribution in [0.2, 0.25) is 0 Å². The fourth-order valence-corrected chi connectivity index (χ4v) is 1.75. The third-order valence-corrected chi connectivity index (χ3v) is 2.85. The number of hydrogen-bond donors (Lipinski definition) is 0. The van der Waals surface area contributed by atoms with Crippen LogP contribution < -0.4 is 0 Å². The van der Waals surface area contributed by atoms with Gasteiger partial charge in [0.25, 0.3) is 0 Å². The van der Waals surface area contributed by atoms with Crippen molar-refractivity contribution in [1.29, 1.82) is 0 Å². The first kappa shape index (κ1) is 11.8. The first-order valence-electron chi connectivity index (χ1n) is 4.31. The van der Waals surface area contributed by atoms with Crippen molar-refractivity contribution in [3.05, 3.63) is 12.2 Å². The Morgan fingerprint density at radius 2 is 1.67 bits per heavy atom. The molecule has 0 unspecified atom stereocenters. The van der Waals surface area contributed by atoms with E-state index in [1.54, 1.807) is 0 Å². The van der Waals surface area contributed by atoms with E-state index in [9.17, 15) is 0 Å². The van der Waals surface area contributed by atoms with Crippen molar-refractivity contribution < 1.29 is 13.3 Å². The van der Waals surface area contributed by atoms with Gasteiger partial charge < -0.3 is 13.3 Å². The molecule has 0 heterocycles. The molecule has 0 aromatic heterocycles. The van der Waals surface area contributed by atoms with E-state index in [1.807, 2.05) is 32.9 Å². The third kappa shape index (κ3) is 6.54. The van der Waals surface area contributed by atoms with Crippen molar-refractivity contribution in [2.75, 3.05) is 19.8 Å². The van der Waals surface area contributed by atoms with E-state index in [1.165, 1.54) is 0 Å². The molecule has 0 atom stereocenters.